The summed E-state index contributed by atoms with van der Waals surface area (Å²) in [4.78, 5) is 39.3. The number of piperidine rings is 1. The van der Waals surface area contributed by atoms with Crippen molar-refractivity contribution in [3.8, 4) is 0 Å². The number of allylic oxidation sites excluding steroid dienone is 2. The summed E-state index contributed by atoms with van der Waals surface area (Å²) in [5.74, 6) is -2.87. The number of nitrogens with zero attached hydrogens (tertiary/aromatic N) is 2. The van der Waals surface area contributed by atoms with E-state index in [1.165, 1.54) is 29.3 Å². The maximum absolute atomic E-state index is 13.6. The molecule has 0 spiro atoms. The van der Waals surface area contributed by atoms with Crippen molar-refractivity contribution >= 4 is 17.6 Å². The first-order valence-electron chi connectivity index (χ1n) is 15.3. The van der Waals surface area contributed by atoms with E-state index < -0.39 is 22.8 Å². The van der Waals surface area contributed by atoms with Gasteiger partial charge in [-0.3, -0.25) is 10.1 Å². The standard InChI is InChI=1S/C36H39N3O6/c1-24(38-20-18-36(19-21-38,28-12-6-4-7-13-28)29-14-8-5-9-15-29)17-22-45-35(42)32-26(3)37-25(2)31(34(40)41)33(32)27-11-10-16-30(23-27)39(43)44/h4-16,23-24,33,37H,17-22H2,1-3H3,(H,40,41). The lowest BCUT2D eigenvalue weighted by Crippen LogP contribution is -2.47. The van der Waals surface area contributed by atoms with Gasteiger partial charge in [0, 0.05) is 35.0 Å². The number of nitro groups is 1. The maximum atomic E-state index is 13.6. The summed E-state index contributed by atoms with van der Waals surface area (Å²) in [5, 5.41) is 24.5. The van der Waals surface area contributed by atoms with Crippen LogP contribution in [0.15, 0.2) is 107 Å². The Bertz CT molecular complexity index is 1580. The van der Waals surface area contributed by atoms with Crippen LogP contribution in [-0.2, 0) is 19.7 Å². The molecule has 0 aliphatic carbocycles. The molecular weight excluding hydrogens is 570 g/mol. The molecule has 2 unspecified atom stereocenters. The van der Waals surface area contributed by atoms with E-state index in [2.05, 4.69) is 65.7 Å². The summed E-state index contributed by atoms with van der Waals surface area (Å²) in [6.45, 7) is 7.39. The van der Waals surface area contributed by atoms with Crippen LogP contribution in [0.5, 0.6) is 0 Å². The number of non-ortho nitro benzene ring substituents is 1. The molecule has 2 aliphatic rings. The summed E-state index contributed by atoms with van der Waals surface area (Å²) in [6.07, 6.45) is 2.55. The number of rotatable bonds is 10. The van der Waals surface area contributed by atoms with Gasteiger partial charge in [-0.2, -0.15) is 0 Å². The van der Waals surface area contributed by atoms with Crippen molar-refractivity contribution in [1.29, 1.82) is 0 Å². The number of carbonyl (C=O) groups is 2. The number of carbonyl (C=O) groups excluding carboxylic acids is 1. The predicted octanol–water partition coefficient (Wildman–Crippen LogP) is 6.32. The summed E-state index contributed by atoms with van der Waals surface area (Å²) in [5.41, 5.74) is 3.67. The Labute approximate surface area is 263 Å². The highest BCUT2D eigenvalue weighted by Gasteiger charge is 2.40. The number of hydrogen-bond donors (Lipinski definition) is 2. The maximum Gasteiger partial charge on any atom is 0.336 e. The van der Waals surface area contributed by atoms with Gasteiger partial charge in [0.25, 0.3) is 5.69 Å². The molecule has 234 valence electrons. The molecule has 2 aliphatic heterocycles. The van der Waals surface area contributed by atoms with Crippen molar-refractivity contribution in [1.82, 2.24) is 10.2 Å². The predicted molar refractivity (Wildman–Crippen MR) is 172 cm³/mol. The molecule has 0 aromatic heterocycles. The zero-order chi connectivity index (χ0) is 32.1. The molecule has 1 fully saturated rings. The molecule has 45 heavy (non-hydrogen) atoms. The molecular formula is C36H39N3O6. The Balaban J connectivity index is 1.27. The molecule has 9 nitrogen and oxygen atoms in total. The van der Waals surface area contributed by atoms with Gasteiger partial charge in [0.2, 0.25) is 0 Å². The molecule has 2 heterocycles. The van der Waals surface area contributed by atoms with E-state index in [1.807, 2.05) is 12.1 Å². The number of dihydropyridines is 1. The Morgan fingerprint density at radius 3 is 2.09 bits per heavy atom. The third kappa shape index (κ3) is 6.54. The highest BCUT2D eigenvalue weighted by atomic mass is 16.6. The molecule has 2 atom stereocenters. The summed E-state index contributed by atoms with van der Waals surface area (Å²) >= 11 is 0. The second-order valence-electron chi connectivity index (χ2n) is 11.9. The number of ether oxygens (including phenoxy) is 1. The average Bonchev–Trinajstić information content (AvgIpc) is 3.05. The van der Waals surface area contributed by atoms with Crippen LogP contribution < -0.4 is 5.32 Å². The summed E-state index contributed by atoms with van der Waals surface area (Å²) < 4.78 is 5.77. The quantitative estimate of drug-likeness (QED) is 0.156. The van der Waals surface area contributed by atoms with Crippen molar-refractivity contribution in [2.45, 2.75) is 57.4 Å². The summed E-state index contributed by atoms with van der Waals surface area (Å²) in [6, 6.07) is 27.3. The van der Waals surface area contributed by atoms with Crippen molar-refractivity contribution in [2.24, 2.45) is 0 Å². The fraction of sp³-hybridized carbons (Fsp3) is 0.333. The van der Waals surface area contributed by atoms with Gasteiger partial charge in [0.05, 0.1) is 28.6 Å². The Morgan fingerprint density at radius 2 is 1.53 bits per heavy atom. The normalized spacial score (nSPS) is 19.0. The van der Waals surface area contributed by atoms with Crippen LogP contribution >= 0.6 is 0 Å². The number of nitro benzene ring substituents is 1. The molecule has 5 rings (SSSR count). The topological polar surface area (TPSA) is 122 Å². The van der Waals surface area contributed by atoms with Crippen LogP contribution in [0.2, 0.25) is 0 Å². The van der Waals surface area contributed by atoms with Crippen molar-refractivity contribution < 1.29 is 24.4 Å². The zero-order valence-electron chi connectivity index (χ0n) is 25.9. The number of esters is 1. The Kier molecular flexibility index (Phi) is 9.48. The van der Waals surface area contributed by atoms with Gasteiger partial charge in [-0.05, 0) is 69.8 Å². The second-order valence-corrected chi connectivity index (χ2v) is 11.9. The number of likely N-dealkylation sites (tertiary alicyclic amines) is 1. The van der Waals surface area contributed by atoms with Crippen molar-refractivity contribution in [3.63, 3.8) is 0 Å². The smallest absolute Gasteiger partial charge is 0.336 e. The van der Waals surface area contributed by atoms with E-state index in [0.717, 1.165) is 25.9 Å². The van der Waals surface area contributed by atoms with Crippen molar-refractivity contribution in [3.05, 3.63) is 134 Å². The number of carboxylic acid groups (broad SMARTS) is 1. The molecule has 0 amide bonds. The fourth-order valence-corrected chi connectivity index (χ4v) is 6.89. The molecule has 2 N–H and O–H groups in total. The fourth-order valence-electron chi connectivity index (χ4n) is 6.89. The number of carboxylic acids is 1. The lowest BCUT2D eigenvalue weighted by Gasteiger charge is -2.44. The SMILES string of the molecule is CC1=C(C(=O)O)C(c2cccc([N+](=O)[O-])c2)C(C(=O)OCCC(C)N2CCC(c3ccccc3)(c3ccccc3)CC2)=C(C)N1. The highest BCUT2D eigenvalue weighted by molar-refractivity contribution is 5.99. The van der Waals surface area contributed by atoms with E-state index in [9.17, 15) is 24.8 Å². The van der Waals surface area contributed by atoms with Crippen LogP contribution in [0.4, 0.5) is 5.69 Å². The van der Waals surface area contributed by atoms with Crippen LogP contribution in [0, 0.1) is 10.1 Å². The Hall–Kier alpha value is -4.76. The largest absolute Gasteiger partial charge is 0.478 e. The lowest BCUT2D eigenvalue weighted by atomic mass is 9.68. The minimum absolute atomic E-state index is 0.0463. The van der Waals surface area contributed by atoms with E-state index in [1.54, 1.807) is 19.9 Å². The molecule has 0 saturated carbocycles. The first-order valence-corrected chi connectivity index (χ1v) is 15.3. The number of benzene rings is 3. The molecule has 9 heteroatoms. The zero-order valence-corrected chi connectivity index (χ0v) is 25.9. The van der Waals surface area contributed by atoms with Gasteiger partial charge < -0.3 is 20.1 Å². The second kappa shape index (κ2) is 13.5. The van der Waals surface area contributed by atoms with Gasteiger partial charge in [-0.25, -0.2) is 9.59 Å². The van der Waals surface area contributed by atoms with Gasteiger partial charge in [0.1, 0.15) is 0 Å². The number of nitrogens with one attached hydrogen (secondary N) is 1. The first kappa shape index (κ1) is 31.7. The van der Waals surface area contributed by atoms with E-state index in [0.29, 0.717) is 23.4 Å². The average molecular weight is 610 g/mol. The Morgan fingerprint density at radius 1 is 0.956 bits per heavy atom. The number of aliphatic carboxylic acids is 1. The van der Waals surface area contributed by atoms with Crippen LogP contribution in [0.25, 0.3) is 0 Å². The van der Waals surface area contributed by atoms with Crippen molar-refractivity contribution in [2.75, 3.05) is 19.7 Å². The van der Waals surface area contributed by atoms with Gasteiger partial charge in [0.15, 0.2) is 0 Å². The number of hydrogen-bond acceptors (Lipinski definition) is 7. The third-order valence-electron chi connectivity index (χ3n) is 9.32. The van der Waals surface area contributed by atoms with Gasteiger partial charge >= 0.3 is 11.9 Å². The molecule has 3 aromatic carbocycles. The van der Waals surface area contributed by atoms with Crippen LogP contribution in [0.1, 0.15) is 62.6 Å². The molecule has 0 radical (unpaired) electrons. The monoisotopic (exact) mass is 609 g/mol. The van der Waals surface area contributed by atoms with Gasteiger partial charge in [-0.15, -0.1) is 0 Å². The minimum Gasteiger partial charge on any atom is -0.478 e. The lowest BCUT2D eigenvalue weighted by molar-refractivity contribution is -0.384. The third-order valence-corrected chi connectivity index (χ3v) is 9.32. The van der Waals surface area contributed by atoms with E-state index in [-0.39, 0.29) is 34.9 Å². The van der Waals surface area contributed by atoms with Crippen LogP contribution in [0.3, 0.4) is 0 Å². The molecule has 0 bridgehead atoms. The molecule has 1 saturated heterocycles. The van der Waals surface area contributed by atoms with E-state index >= 15 is 0 Å². The van der Waals surface area contributed by atoms with Crippen LogP contribution in [-0.4, -0.2) is 52.6 Å². The summed E-state index contributed by atoms with van der Waals surface area (Å²) in [7, 11) is 0. The van der Waals surface area contributed by atoms with Gasteiger partial charge in [-0.1, -0.05) is 72.8 Å². The highest BCUT2D eigenvalue weighted by Crippen LogP contribution is 2.42. The first-order chi connectivity index (χ1) is 21.6. The minimum atomic E-state index is -1.21. The van der Waals surface area contributed by atoms with E-state index in [4.69, 9.17) is 4.74 Å². The molecule has 3 aromatic rings.